The van der Waals surface area contributed by atoms with E-state index in [9.17, 15) is 81.6 Å². The molecule has 0 spiro atoms. The number of ether oxygens (including phenoxy) is 6. The second kappa shape index (κ2) is 37.1. The van der Waals surface area contributed by atoms with E-state index in [1.165, 1.54) is 57.7 Å². The maximum atomic E-state index is 16.0. The maximum absolute atomic E-state index is 16.0. The lowest BCUT2D eigenvalue weighted by molar-refractivity contribution is -0.0647. The summed E-state index contributed by atoms with van der Waals surface area (Å²) in [5, 5.41) is 44.5. The molecule has 9 aromatic heterocycles. The van der Waals surface area contributed by atoms with Crippen LogP contribution < -0.4 is 17.2 Å². The number of aliphatic imine (C=N–C) groups is 3. The molecule has 726 valence electrons. The number of aromatic nitrogens is 15. The number of nitrogens with zero attached hydrogens (tertiary/aromatic N) is 18. The minimum absolute atomic E-state index is 0.0193. The van der Waals surface area contributed by atoms with Crippen LogP contribution in [0, 0.1) is 17.5 Å². The van der Waals surface area contributed by atoms with E-state index in [4.69, 9.17) is 147 Å². The van der Waals surface area contributed by atoms with Crippen molar-refractivity contribution in [3.63, 3.8) is 0 Å². The Morgan fingerprint density at radius 3 is 1.04 bits per heavy atom. The molecule has 0 amide bonds. The Morgan fingerprint density at radius 1 is 0.370 bits per heavy atom. The van der Waals surface area contributed by atoms with Gasteiger partial charge in [-0.15, -0.1) is 0 Å². The van der Waals surface area contributed by atoms with Gasteiger partial charge in [0.25, 0.3) is 0 Å². The Labute approximate surface area is 775 Å². The van der Waals surface area contributed by atoms with Crippen molar-refractivity contribution in [2.75, 3.05) is 56.8 Å². The van der Waals surface area contributed by atoms with Crippen molar-refractivity contribution in [1.82, 2.24) is 72.3 Å². The van der Waals surface area contributed by atoms with E-state index in [1.54, 1.807) is 0 Å². The molecule has 9 saturated heterocycles. The van der Waals surface area contributed by atoms with Crippen LogP contribution in [-0.2, 0) is 139 Å². The third kappa shape index (κ3) is 18.6. The summed E-state index contributed by atoms with van der Waals surface area (Å²) in [5.74, 6) is -4.60. The van der Waals surface area contributed by atoms with E-state index in [0.717, 1.165) is 44.9 Å². The number of phosphoric acid groups is 1. The average molecular weight is 2110 g/mol. The number of ketones is 3. The third-order valence-corrected chi connectivity index (χ3v) is 31.6. The zero-order valence-electron chi connectivity index (χ0n) is 67.5. The zero-order chi connectivity index (χ0) is 95.5. The van der Waals surface area contributed by atoms with Gasteiger partial charge in [0.05, 0.1) is 75.3 Å². The van der Waals surface area contributed by atoms with E-state index in [1.807, 2.05) is 0 Å². The molecule has 6 unspecified atom stereocenters. The number of phosphoric ester groups is 1. The fourth-order valence-corrected chi connectivity index (χ4v) is 24.7. The SMILES string of the molecule is Nc1ncnc2c1ncn2[C@@H]1O[C@@H]2COP(=O)(O)O[C@@H]3[C@H](O)[C@@H](COP(O)(=S)O[C@H]2[C@H]1F)O[C@H]3n1cc(F)c2c1N=CCC2=O.Nc1ncnc2c1ncn2[C@@H]1O[C@@H]2COP(=O)(S)O[C@@H]3[C@H](O)[C@@H](COP(O)(=S)O[C@H]2[C@H]1F)O[C@H]3n1cc(F)c2c1N=CCC2=O.Nc1ncnc2c1ncn2[C@@H]1O[C@@H]2COP(O)(=S)O[C@@H]3[C@H](O)[C@@H](COP(O)(=S)O[C@H]2[C@H]1O)O[C@H]3n1cc(F)c2c1N=CCC2=O. The number of rotatable bonds is 6. The molecule has 135 heavy (non-hydrogen) atoms. The highest BCUT2D eigenvalue weighted by Crippen LogP contribution is 2.62. The summed E-state index contributed by atoms with van der Waals surface area (Å²) in [4.78, 5) is 140. The summed E-state index contributed by atoms with van der Waals surface area (Å²) in [6.07, 6.45) is -23.5. The molecule has 21 heterocycles. The highest BCUT2D eigenvalue weighted by molar-refractivity contribution is 8.44. The maximum Gasteiger partial charge on any atom is 0.472 e. The van der Waals surface area contributed by atoms with Gasteiger partial charge >= 0.3 is 41.5 Å². The van der Waals surface area contributed by atoms with Gasteiger partial charge in [0.1, 0.15) is 151 Å². The molecule has 15 N–H and O–H groups in total. The zero-order valence-corrected chi connectivity index (χ0v) is 77.0. The number of nitrogen functional groups attached to an aromatic ring is 3. The Kier molecular flexibility index (Phi) is 26.6. The lowest BCUT2D eigenvalue weighted by atomic mass is 10.1. The average Bonchev–Trinajstić information content (AvgIpc) is 1.59. The molecule has 0 radical (unpaired) electrons. The number of hydrogen-bond acceptors (Lipinski definition) is 46. The molecule has 9 fully saturated rings. The Bertz CT molecular complexity index is 6050. The summed E-state index contributed by atoms with van der Waals surface area (Å²) in [6.45, 7) is -25.5. The van der Waals surface area contributed by atoms with E-state index in [2.05, 4.69) is 72.1 Å². The lowest BCUT2D eigenvalue weighted by Crippen LogP contribution is -2.36. The van der Waals surface area contributed by atoms with Crippen LogP contribution in [0.3, 0.4) is 0 Å². The number of anilines is 3. The number of imidazole rings is 3. The predicted octanol–water partition coefficient (Wildman–Crippen LogP) is 2.98. The molecular weight excluding hydrogens is 2040 g/mol. The van der Waals surface area contributed by atoms with Crippen LogP contribution in [0.25, 0.3) is 33.5 Å². The van der Waals surface area contributed by atoms with Crippen LogP contribution in [0.2, 0.25) is 0 Å². The smallest absolute Gasteiger partial charge is 0.387 e. The van der Waals surface area contributed by atoms with Gasteiger partial charge in [0, 0.05) is 56.5 Å². The highest BCUT2D eigenvalue weighted by Gasteiger charge is 2.59. The Balaban J connectivity index is 0.000000130. The van der Waals surface area contributed by atoms with Crippen molar-refractivity contribution in [3.8, 4) is 0 Å². The molecule has 0 aliphatic carbocycles. The first-order valence-electron chi connectivity index (χ1n) is 39.5. The third-order valence-electron chi connectivity index (χ3n) is 22.7. The van der Waals surface area contributed by atoms with Gasteiger partial charge in [0.15, 0.2) is 119 Å². The van der Waals surface area contributed by atoms with Crippen molar-refractivity contribution >= 4 is 205 Å². The fourth-order valence-electron chi connectivity index (χ4n) is 16.6. The summed E-state index contributed by atoms with van der Waals surface area (Å²) < 4.78 is 211. The number of carbonyl (C=O) groups excluding carboxylic acids is 3. The normalized spacial score (nSPS) is 38.8. The van der Waals surface area contributed by atoms with Crippen molar-refractivity contribution in [2.45, 2.75) is 167 Å². The van der Waals surface area contributed by atoms with Crippen LogP contribution in [0.1, 0.15) is 87.7 Å². The second-order valence-corrected chi connectivity index (χ2v) is 46.5. The Hall–Kier alpha value is -7.11. The molecule has 21 rings (SSSR count). The first-order valence-corrected chi connectivity index (χ1v) is 54.1. The molecule has 0 aromatic carbocycles. The van der Waals surface area contributed by atoms with Gasteiger partial charge in [0.2, 0.25) is 0 Å². The molecule has 53 nitrogen and oxygen atoms in total. The van der Waals surface area contributed by atoms with Crippen LogP contribution in [-0.4, -0.2) is 303 Å². The van der Waals surface area contributed by atoms with Crippen molar-refractivity contribution in [1.29, 1.82) is 0 Å². The molecular formula is C66H70F5N21O32P6S5. The Morgan fingerprint density at radius 2 is 0.667 bits per heavy atom. The van der Waals surface area contributed by atoms with Crippen molar-refractivity contribution < 1.29 is 173 Å². The minimum atomic E-state index is -5.14. The summed E-state index contributed by atoms with van der Waals surface area (Å²) >= 11 is 24.7. The van der Waals surface area contributed by atoms with Crippen molar-refractivity contribution in [2.24, 2.45) is 15.0 Å². The van der Waals surface area contributed by atoms with E-state index in [-0.39, 0.29) is 104 Å². The van der Waals surface area contributed by atoms with Gasteiger partial charge in [-0.1, -0.05) is 12.2 Å². The van der Waals surface area contributed by atoms with Gasteiger partial charge in [-0.25, -0.2) is 90.9 Å². The number of aliphatic hydroxyl groups excluding tert-OH is 4. The standard InChI is InChI=1S/C22H23F2N7O11P2S.C22H23F2N7O10P2S2.C22H24FN7O11P2S2/c23-8-3-30(19-12(8)9(32)1-2-26-19)22-17-15(33)10(39-22)4-38-44(36,45)42-16-11(5-37-43(34,35)41-17)40-21(13(16)24)31-7-29-14-18(25)27-6-28-20(14)31;23-8-3-30(19-12(8)9(32)1-2-26-19)22-17-15(33)10(38-22)4-36-42(34,44)40-16-11(5-37-43(35,45)41-17)39-21(13(16)24)31-7-29-14-18(25)27-6-28-20(14)31;23-8-3-29(19-12(8)9(31)1-2-25-19)22-17-14(32)10(38-22)4-36-42(34,44)40-16-11(5-37-43(35,45)41-17)39-21(15(16)33)30-7-28-13-18(24)26-6-27-20(13)30/h2-3,6-7,10-11,13,15-17,21-22,33H,1,4-5H2,(H,34,35)(H,36,45)(H2,25,27,28);2-3,6-7,10-11,13,15-17,21-22,33H,1,4-5H2,(H,34,44)(H,35,45)(H2,25,27,28);2-3,6-7,10-11,14-17,21-22,32-33H,1,4-5H2,(H,34,44)(H,35,45)(H2,24,26,27)/t10-,11-,13-,15-,16-,17-,21-,22-,44?;10-,11-,13-,15-,16-,17-,21-,22-,42?,43?;10-,11-,14-,15-,16-,17-,21-,22-,42?,43?/m111/s1. The fraction of sp³-hybridized carbons (Fsp3) is 0.500. The number of aliphatic hydroxyl groups is 4. The quantitative estimate of drug-likeness (QED) is 0.0646. The molecule has 12 aliphatic heterocycles. The topological polar surface area (TPSA) is 694 Å². The van der Waals surface area contributed by atoms with Gasteiger partial charge in [-0.2, -0.15) is 0 Å². The van der Waals surface area contributed by atoms with Crippen LogP contribution >= 0.6 is 53.7 Å². The predicted molar refractivity (Wildman–Crippen MR) is 458 cm³/mol. The van der Waals surface area contributed by atoms with E-state index >= 15 is 8.78 Å². The number of fused-ring (bicyclic) bond motifs is 15. The van der Waals surface area contributed by atoms with Crippen LogP contribution in [0.4, 0.5) is 56.9 Å². The summed E-state index contributed by atoms with van der Waals surface area (Å²) in [7, 11) is -5.14. The number of nitrogens with two attached hydrogens (primary N) is 3. The number of thiol groups is 1. The molecule has 69 heteroatoms. The number of Topliss-reactive ketones (excluding diaryl/α,β-unsaturated/α-hetero) is 3. The van der Waals surface area contributed by atoms with Gasteiger partial charge in [-0.3, -0.25) is 64.3 Å². The first kappa shape index (κ1) is 96.7. The van der Waals surface area contributed by atoms with E-state index < -0.39 is 263 Å². The largest absolute Gasteiger partial charge is 0.472 e. The highest BCUT2D eigenvalue weighted by atomic mass is 32.7. The molecule has 6 bridgehead atoms. The number of carbonyl (C=O) groups is 3. The number of alkyl halides is 2. The number of hydrogen-bond donors (Lipinski definition) is 13. The van der Waals surface area contributed by atoms with Gasteiger partial charge < -0.3 is 122 Å². The lowest BCUT2D eigenvalue weighted by Gasteiger charge is -2.28. The van der Waals surface area contributed by atoms with Gasteiger partial charge in [-0.05, 0) is 47.2 Å². The molecule has 0 saturated carbocycles. The first-order chi connectivity index (χ1) is 64.0. The van der Waals surface area contributed by atoms with Crippen LogP contribution in [0.15, 0.2) is 71.5 Å². The van der Waals surface area contributed by atoms with Crippen LogP contribution in [0.5, 0.6) is 0 Å². The monoisotopic (exact) mass is 2110 g/mol. The minimum Gasteiger partial charge on any atom is -0.387 e. The summed E-state index contributed by atoms with van der Waals surface area (Å²) in [5.41, 5.74) is 17.6. The summed E-state index contributed by atoms with van der Waals surface area (Å²) in [6, 6.07) is 0. The van der Waals surface area contributed by atoms with E-state index in [0.29, 0.717) is 0 Å². The second-order valence-electron chi connectivity index (χ2n) is 31.1. The van der Waals surface area contributed by atoms with Crippen molar-refractivity contribution in [3.05, 3.63) is 90.7 Å². The molecule has 30 atom stereocenters. The molecule has 9 aromatic rings. The number of halogens is 5. The molecule has 12 aliphatic rings.